The summed E-state index contributed by atoms with van der Waals surface area (Å²) in [7, 11) is 0. The van der Waals surface area contributed by atoms with Crippen molar-refractivity contribution in [2.45, 2.75) is 19.9 Å². The van der Waals surface area contributed by atoms with E-state index in [2.05, 4.69) is 26.1 Å². The van der Waals surface area contributed by atoms with Crippen molar-refractivity contribution in [3.05, 3.63) is 126 Å². The van der Waals surface area contributed by atoms with Crippen LogP contribution in [0.1, 0.15) is 11.3 Å². The van der Waals surface area contributed by atoms with E-state index in [1.807, 2.05) is 86.0 Å². The molecule has 0 atom stereocenters. The van der Waals surface area contributed by atoms with Gasteiger partial charge in [-0.2, -0.15) is 0 Å². The quantitative estimate of drug-likeness (QED) is 0.380. The zero-order valence-corrected chi connectivity index (χ0v) is 19.3. The van der Waals surface area contributed by atoms with Gasteiger partial charge in [0.05, 0.1) is 12.1 Å². The lowest BCUT2D eigenvalue weighted by atomic mass is 10.1. The summed E-state index contributed by atoms with van der Waals surface area (Å²) in [4.78, 5) is 25.5. The smallest absolute Gasteiger partial charge is 0.264 e. The third-order valence-corrected chi connectivity index (χ3v) is 5.62. The molecule has 6 aromatic rings. The number of rotatable bonds is 4. The number of aryl methyl sites for hydroxylation is 3. The van der Waals surface area contributed by atoms with Gasteiger partial charge in [0.2, 0.25) is 0 Å². The predicted molar refractivity (Wildman–Crippen MR) is 137 cm³/mol. The first-order valence-electron chi connectivity index (χ1n) is 11.4. The van der Waals surface area contributed by atoms with Gasteiger partial charge >= 0.3 is 5.69 Å². The van der Waals surface area contributed by atoms with E-state index < -0.39 is 0 Å². The maximum Gasteiger partial charge on any atom is 0.350 e. The Hall–Kier alpha value is -4.65. The van der Waals surface area contributed by atoms with Crippen LogP contribution in [0.5, 0.6) is 0 Å². The Labute approximate surface area is 202 Å². The standard InChI is InChI=1S/C22H17N5O.C6H7N/c28-22-26-15-18(17-5-3-12-23-14-17)8-10-21(26)25-27(22)13-11-19-9-7-16-4-1-2-6-20(16)24-19;1-6-3-2-4-7-5-6/h1-10,12,14-15H,11,13H2;2-5H,1H3. The fourth-order valence-corrected chi connectivity index (χ4v) is 3.78. The van der Waals surface area contributed by atoms with Crippen molar-refractivity contribution in [2.75, 3.05) is 0 Å². The molecule has 0 saturated heterocycles. The van der Waals surface area contributed by atoms with E-state index in [4.69, 9.17) is 0 Å². The van der Waals surface area contributed by atoms with E-state index in [1.54, 1.807) is 23.0 Å². The highest BCUT2D eigenvalue weighted by atomic mass is 16.2. The third kappa shape index (κ3) is 5.14. The number of fused-ring (bicyclic) bond motifs is 2. The molecule has 35 heavy (non-hydrogen) atoms. The molecule has 0 N–H and O–H groups in total. The summed E-state index contributed by atoms with van der Waals surface area (Å²) in [6.07, 6.45) is 9.57. The van der Waals surface area contributed by atoms with E-state index in [0.717, 1.165) is 27.7 Å². The highest BCUT2D eigenvalue weighted by molar-refractivity contribution is 5.78. The van der Waals surface area contributed by atoms with Gasteiger partial charge in [0.1, 0.15) is 0 Å². The molecule has 1 aromatic carbocycles. The number of para-hydroxylation sites is 1. The normalized spacial score (nSPS) is 10.8. The third-order valence-electron chi connectivity index (χ3n) is 5.62. The Morgan fingerprint density at radius 3 is 2.37 bits per heavy atom. The van der Waals surface area contributed by atoms with Crippen LogP contribution in [0.15, 0.2) is 109 Å². The van der Waals surface area contributed by atoms with Crippen LogP contribution >= 0.6 is 0 Å². The predicted octanol–water partition coefficient (Wildman–Crippen LogP) is 4.74. The van der Waals surface area contributed by atoms with E-state index in [0.29, 0.717) is 18.6 Å². The second kappa shape index (κ2) is 10.1. The van der Waals surface area contributed by atoms with Gasteiger partial charge < -0.3 is 0 Å². The molecule has 172 valence electrons. The van der Waals surface area contributed by atoms with E-state index in [1.165, 1.54) is 10.2 Å². The second-order valence-electron chi connectivity index (χ2n) is 8.17. The number of nitrogens with zero attached hydrogens (tertiary/aromatic N) is 6. The van der Waals surface area contributed by atoms with Gasteiger partial charge in [-0.15, -0.1) is 5.10 Å². The van der Waals surface area contributed by atoms with Gasteiger partial charge in [0.15, 0.2) is 5.65 Å². The summed E-state index contributed by atoms with van der Waals surface area (Å²) >= 11 is 0. The fraction of sp³-hybridized carbons (Fsp3) is 0.107. The number of pyridine rings is 4. The lowest BCUT2D eigenvalue weighted by Gasteiger charge is -2.02. The van der Waals surface area contributed by atoms with Crippen LogP contribution in [-0.4, -0.2) is 29.1 Å². The van der Waals surface area contributed by atoms with Gasteiger partial charge in [-0.05, 0) is 48.9 Å². The minimum absolute atomic E-state index is 0.151. The van der Waals surface area contributed by atoms with Crippen LogP contribution in [-0.2, 0) is 13.0 Å². The molecule has 5 aromatic heterocycles. The first kappa shape index (κ1) is 22.2. The molecule has 0 aliphatic heterocycles. The molecule has 7 nitrogen and oxygen atoms in total. The SMILES string of the molecule is Cc1cccnc1.O=c1n(CCc2ccc3ccccc3n2)nc2ccc(-c3cccnc3)cn12. The average Bonchev–Trinajstić information content (AvgIpc) is 3.23. The van der Waals surface area contributed by atoms with Gasteiger partial charge in [0, 0.05) is 59.6 Å². The molecule has 0 aliphatic carbocycles. The summed E-state index contributed by atoms with van der Waals surface area (Å²) in [5.74, 6) is 0. The molecule has 0 radical (unpaired) electrons. The molecule has 0 unspecified atom stereocenters. The maximum absolute atomic E-state index is 12.8. The maximum atomic E-state index is 12.8. The lowest BCUT2D eigenvalue weighted by molar-refractivity contribution is 0.588. The minimum atomic E-state index is -0.151. The van der Waals surface area contributed by atoms with Crippen LogP contribution in [0.2, 0.25) is 0 Å². The highest BCUT2D eigenvalue weighted by Gasteiger charge is 2.09. The van der Waals surface area contributed by atoms with Gasteiger partial charge in [-0.1, -0.05) is 36.4 Å². The van der Waals surface area contributed by atoms with Crippen LogP contribution in [0.25, 0.3) is 27.7 Å². The van der Waals surface area contributed by atoms with Crippen molar-refractivity contribution in [1.29, 1.82) is 0 Å². The van der Waals surface area contributed by atoms with Crippen molar-refractivity contribution < 1.29 is 0 Å². The van der Waals surface area contributed by atoms with E-state index >= 15 is 0 Å². The minimum Gasteiger partial charge on any atom is -0.264 e. The van der Waals surface area contributed by atoms with Crippen LogP contribution in [0.3, 0.4) is 0 Å². The summed E-state index contributed by atoms with van der Waals surface area (Å²) in [5.41, 5.74) is 5.48. The van der Waals surface area contributed by atoms with Gasteiger partial charge in [-0.25, -0.2) is 13.9 Å². The summed E-state index contributed by atoms with van der Waals surface area (Å²) < 4.78 is 3.08. The van der Waals surface area contributed by atoms with Crippen LogP contribution in [0.4, 0.5) is 0 Å². The van der Waals surface area contributed by atoms with Crippen molar-refractivity contribution in [3.63, 3.8) is 0 Å². The van der Waals surface area contributed by atoms with Crippen LogP contribution in [0, 0.1) is 6.92 Å². The van der Waals surface area contributed by atoms with E-state index in [9.17, 15) is 4.79 Å². The van der Waals surface area contributed by atoms with Gasteiger partial charge in [-0.3, -0.25) is 15.0 Å². The first-order valence-corrected chi connectivity index (χ1v) is 11.4. The monoisotopic (exact) mass is 460 g/mol. The molecular weight excluding hydrogens is 436 g/mol. The van der Waals surface area contributed by atoms with Crippen molar-refractivity contribution in [1.82, 2.24) is 29.1 Å². The zero-order chi connectivity index (χ0) is 24.0. The molecule has 0 saturated carbocycles. The molecular formula is C28H24N6O. The zero-order valence-electron chi connectivity index (χ0n) is 19.3. The Morgan fingerprint density at radius 1 is 0.800 bits per heavy atom. The second-order valence-corrected chi connectivity index (χ2v) is 8.17. The number of hydrogen-bond donors (Lipinski definition) is 0. The Morgan fingerprint density at radius 2 is 1.63 bits per heavy atom. The van der Waals surface area contributed by atoms with E-state index in [-0.39, 0.29) is 5.69 Å². The van der Waals surface area contributed by atoms with Crippen molar-refractivity contribution >= 4 is 16.6 Å². The molecule has 6 rings (SSSR count). The molecule has 0 spiro atoms. The summed E-state index contributed by atoms with van der Waals surface area (Å²) in [5, 5.41) is 5.56. The fourth-order valence-electron chi connectivity index (χ4n) is 3.78. The Bertz CT molecular complexity index is 1620. The molecule has 0 amide bonds. The highest BCUT2D eigenvalue weighted by Crippen LogP contribution is 2.17. The number of benzene rings is 1. The Balaban J connectivity index is 0.000000313. The summed E-state index contributed by atoms with van der Waals surface area (Å²) in [6, 6.07) is 23.7. The van der Waals surface area contributed by atoms with Crippen LogP contribution < -0.4 is 5.69 Å². The molecule has 5 heterocycles. The number of aromatic nitrogens is 6. The Kier molecular flexibility index (Phi) is 6.39. The number of hydrogen-bond acceptors (Lipinski definition) is 5. The average molecular weight is 461 g/mol. The molecule has 0 bridgehead atoms. The lowest BCUT2D eigenvalue weighted by Crippen LogP contribution is -2.22. The van der Waals surface area contributed by atoms with Crippen molar-refractivity contribution in [2.24, 2.45) is 0 Å². The van der Waals surface area contributed by atoms with Crippen molar-refractivity contribution in [3.8, 4) is 11.1 Å². The topological polar surface area (TPSA) is 78.0 Å². The molecule has 7 heteroatoms. The first-order chi connectivity index (χ1) is 17.2. The van der Waals surface area contributed by atoms with Gasteiger partial charge in [0.25, 0.3) is 0 Å². The largest absolute Gasteiger partial charge is 0.350 e. The summed E-state index contributed by atoms with van der Waals surface area (Å²) in [6.45, 7) is 2.50. The molecule has 0 fully saturated rings. The molecule has 0 aliphatic rings.